The number of nitrogens with two attached hydrogens (primary N) is 1. The molecule has 0 amide bonds. The van der Waals surface area contributed by atoms with Crippen LogP contribution in [-0.2, 0) is 16.6 Å². The summed E-state index contributed by atoms with van der Waals surface area (Å²) in [5, 5.41) is 0. The van der Waals surface area contributed by atoms with Crippen molar-refractivity contribution in [3.8, 4) is 0 Å². The molecule has 2 heterocycles. The number of hydrogen-bond donors (Lipinski definition) is 1. The van der Waals surface area contributed by atoms with Gasteiger partial charge in [0, 0.05) is 25.2 Å². The van der Waals surface area contributed by atoms with Crippen LogP contribution in [0.25, 0.3) is 0 Å². The fourth-order valence-electron chi connectivity index (χ4n) is 2.49. The van der Waals surface area contributed by atoms with Gasteiger partial charge in [-0.05, 0) is 27.2 Å². The van der Waals surface area contributed by atoms with Crippen molar-refractivity contribution in [1.29, 1.82) is 0 Å². The third kappa shape index (κ3) is 2.48. The first-order valence-corrected chi connectivity index (χ1v) is 7.76. The van der Waals surface area contributed by atoms with Crippen molar-refractivity contribution in [2.75, 3.05) is 13.1 Å². The van der Waals surface area contributed by atoms with E-state index < -0.39 is 10.0 Å². The third-order valence-corrected chi connectivity index (χ3v) is 5.47. The number of aryl methyl sites for hydroxylation is 2. The van der Waals surface area contributed by atoms with Crippen molar-refractivity contribution in [1.82, 2.24) is 4.31 Å². The number of rotatable bonds is 3. The van der Waals surface area contributed by atoms with E-state index in [0.717, 1.165) is 12.0 Å². The highest BCUT2D eigenvalue weighted by atomic mass is 32.2. The lowest BCUT2D eigenvalue weighted by Gasteiger charge is -2.25. The minimum atomic E-state index is -3.53. The first-order chi connectivity index (χ1) is 8.87. The smallest absolute Gasteiger partial charge is 0.247 e. The molecule has 0 bridgehead atoms. The zero-order valence-electron chi connectivity index (χ0n) is 11.6. The van der Waals surface area contributed by atoms with Crippen LogP contribution in [0.3, 0.4) is 0 Å². The number of hydrogen-bond acceptors (Lipinski definition) is 4. The molecule has 1 aliphatic rings. The molecular formula is C13H20N2O3S. The molecule has 1 aliphatic heterocycles. The lowest BCUT2D eigenvalue weighted by atomic mass is 10.2. The molecule has 2 N–H and O–H groups in total. The Labute approximate surface area is 114 Å². The van der Waals surface area contributed by atoms with Crippen LogP contribution in [0.5, 0.6) is 0 Å². The van der Waals surface area contributed by atoms with Crippen LogP contribution in [0.2, 0.25) is 0 Å². The van der Waals surface area contributed by atoms with Crippen LogP contribution in [0.4, 0.5) is 0 Å². The minimum Gasteiger partial charge on any atom is -0.465 e. The summed E-state index contributed by atoms with van der Waals surface area (Å²) in [5.41, 5.74) is 7.32. The Kier molecular flexibility index (Phi) is 3.85. The van der Waals surface area contributed by atoms with Gasteiger partial charge in [0.25, 0.3) is 0 Å². The zero-order chi connectivity index (χ0) is 14.2. The highest BCUT2D eigenvalue weighted by Crippen LogP contribution is 2.30. The Bertz CT molecular complexity index is 614. The molecular weight excluding hydrogens is 264 g/mol. The van der Waals surface area contributed by atoms with Gasteiger partial charge in [-0.3, -0.25) is 0 Å². The fourth-order valence-corrected chi connectivity index (χ4v) is 4.42. The Hall–Kier alpha value is -1.11. The van der Waals surface area contributed by atoms with Gasteiger partial charge >= 0.3 is 0 Å². The molecule has 5 nitrogen and oxygen atoms in total. The summed E-state index contributed by atoms with van der Waals surface area (Å²) in [6, 6.07) is 0. The molecule has 0 aromatic carbocycles. The highest BCUT2D eigenvalue weighted by molar-refractivity contribution is 7.89. The molecule has 0 fully saturated rings. The van der Waals surface area contributed by atoms with Crippen molar-refractivity contribution in [3.63, 3.8) is 0 Å². The van der Waals surface area contributed by atoms with Crippen LogP contribution in [0, 0.1) is 13.8 Å². The first kappa shape index (κ1) is 14.3. The second-order valence-corrected chi connectivity index (χ2v) is 6.78. The largest absolute Gasteiger partial charge is 0.465 e. The molecule has 106 valence electrons. The van der Waals surface area contributed by atoms with E-state index in [2.05, 4.69) is 6.08 Å². The summed E-state index contributed by atoms with van der Waals surface area (Å²) >= 11 is 0. The average molecular weight is 284 g/mol. The van der Waals surface area contributed by atoms with Gasteiger partial charge in [-0.1, -0.05) is 11.6 Å². The number of nitrogens with zero attached hydrogens (tertiary/aromatic N) is 1. The van der Waals surface area contributed by atoms with Crippen molar-refractivity contribution in [2.45, 2.75) is 38.6 Å². The van der Waals surface area contributed by atoms with Crippen LogP contribution in [-0.4, -0.2) is 25.8 Å². The standard InChI is InChI=1S/C13H20N2O3S/c1-9-5-4-6-15(8-9)19(16,17)13-11(3)18-10(2)12(13)7-14/h5H,4,6-8,14H2,1-3H3. The van der Waals surface area contributed by atoms with Crippen molar-refractivity contribution in [3.05, 3.63) is 28.7 Å². The van der Waals surface area contributed by atoms with E-state index in [0.29, 0.717) is 30.2 Å². The maximum atomic E-state index is 12.7. The van der Waals surface area contributed by atoms with Crippen LogP contribution >= 0.6 is 0 Å². The lowest BCUT2D eigenvalue weighted by Crippen LogP contribution is -2.36. The summed E-state index contributed by atoms with van der Waals surface area (Å²) in [6.45, 7) is 6.48. The molecule has 2 rings (SSSR count). The Morgan fingerprint density at radius 2 is 2.00 bits per heavy atom. The molecule has 0 aliphatic carbocycles. The van der Waals surface area contributed by atoms with Gasteiger partial charge in [-0.15, -0.1) is 0 Å². The van der Waals surface area contributed by atoms with E-state index >= 15 is 0 Å². The molecule has 6 heteroatoms. The molecule has 19 heavy (non-hydrogen) atoms. The molecule has 0 radical (unpaired) electrons. The summed E-state index contributed by atoms with van der Waals surface area (Å²) in [6.07, 6.45) is 2.82. The highest BCUT2D eigenvalue weighted by Gasteiger charge is 2.32. The molecule has 0 unspecified atom stereocenters. The zero-order valence-corrected chi connectivity index (χ0v) is 12.4. The van der Waals surface area contributed by atoms with E-state index in [-0.39, 0.29) is 11.4 Å². The maximum absolute atomic E-state index is 12.7. The Morgan fingerprint density at radius 3 is 2.58 bits per heavy atom. The first-order valence-electron chi connectivity index (χ1n) is 6.32. The predicted octanol–water partition coefficient (Wildman–Crippen LogP) is 1.70. The average Bonchev–Trinajstić information content (AvgIpc) is 2.64. The topological polar surface area (TPSA) is 76.5 Å². The Balaban J connectivity index is 2.48. The maximum Gasteiger partial charge on any atom is 0.247 e. The monoisotopic (exact) mass is 284 g/mol. The molecule has 0 atom stereocenters. The van der Waals surface area contributed by atoms with Crippen molar-refractivity contribution in [2.24, 2.45) is 5.73 Å². The predicted molar refractivity (Wildman–Crippen MR) is 73.2 cm³/mol. The van der Waals surface area contributed by atoms with Gasteiger partial charge in [0.2, 0.25) is 10.0 Å². The van der Waals surface area contributed by atoms with E-state index in [9.17, 15) is 8.42 Å². The van der Waals surface area contributed by atoms with Crippen LogP contribution in [0.15, 0.2) is 21.0 Å². The van der Waals surface area contributed by atoms with E-state index in [1.165, 1.54) is 4.31 Å². The van der Waals surface area contributed by atoms with Crippen molar-refractivity contribution >= 4 is 10.0 Å². The van der Waals surface area contributed by atoms with E-state index in [4.69, 9.17) is 10.2 Å². The van der Waals surface area contributed by atoms with Gasteiger partial charge in [0.05, 0.1) is 0 Å². The number of furan rings is 1. The van der Waals surface area contributed by atoms with Gasteiger partial charge in [0.1, 0.15) is 16.4 Å². The van der Waals surface area contributed by atoms with Crippen LogP contribution in [0.1, 0.15) is 30.4 Å². The molecule has 1 aromatic heterocycles. The molecule has 0 saturated heterocycles. The third-order valence-electron chi connectivity index (χ3n) is 3.42. The summed E-state index contributed by atoms with van der Waals surface area (Å²) < 4.78 is 32.4. The lowest BCUT2D eigenvalue weighted by molar-refractivity contribution is 0.424. The molecule has 0 saturated carbocycles. The SMILES string of the molecule is CC1=CCCN(S(=O)(=O)c2c(C)oc(C)c2CN)C1. The van der Waals surface area contributed by atoms with E-state index in [1.807, 2.05) is 6.92 Å². The molecule has 0 spiro atoms. The quantitative estimate of drug-likeness (QED) is 0.857. The minimum absolute atomic E-state index is 0.167. The van der Waals surface area contributed by atoms with E-state index in [1.54, 1.807) is 13.8 Å². The number of sulfonamides is 1. The van der Waals surface area contributed by atoms with Gasteiger partial charge in [0.15, 0.2) is 0 Å². The van der Waals surface area contributed by atoms with Gasteiger partial charge in [-0.25, -0.2) is 8.42 Å². The molecule has 1 aromatic rings. The van der Waals surface area contributed by atoms with Gasteiger partial charge < -0.3 is 10.2 Å². The second-order valence-electron chi connectivity index (χ2n) is 4.90. The normalized spacial score (nSPS) is 17.6. The summed E-state index contributed by atoms with van der Waals surface area (Å²) in [4.78, 5) is 0.252. The summed E-state index contributed by atoms with van der Waals surface area (Å²) in [5.74, 6) is 1.01. The van der Waals surface area contributed by atoms with Crippen LogP contribution < -0.4 is 5.73 Å². The van der Waals surface area contributed by atoms with Crippen molar-refractivity contribution < 1.29 is 12.8 Å². The second kappa shape index (κ2) is 5.11. The fraction of sp³-hybridized carbons (Fsp3) is 0.538. The van der Waals surface area contributed by atoms with Gasteiger partial charge in [-0.2, -0.15) is 4.31 Å². The Morgan fingerprint density at radius 1 is 1.32 bits per heavy atom. The summed E-state index contributed by atoms with van der Waals surface area (Å²) in [7, 11) is -3.53.